The van der Waals surface area contributed by atoms with Crippen molar-refractivity contribution >= 4 is 34.7 Å². The molecular formula is C20H21FN6OS. The van der Waals surface area contributed by atoms with Crippen LogP contribution in [0.5, 0.6) is 0 Å². The molecule has 7 nitrogen and oxygen atoms in total. The number of aliphatic hydroxyl groups excluding tert-OH is 1. The minimum absolute atomic E-state index is 0.154. The lowest BCUT2D eigenvalue weighted by Gasteiger charge is -2.17. The van der Waals surface area contributed by atoms with Crippen LogP contribution in [0.4, 0.5) is 10.2 Å². The molecule has 4 heterocycles. The van der Waals surface area contributed by atoms with Gasteiger partial charge >= 0.3 is 0 Å². The number of hydrogen-bond acceptors (Lipinski definition) is 6. The monoisotopic (exact) mass is 412 g/mol. The Labute approximate surface area is 171 Å². The van der Waals surface area contributed by atoms with Gasteiger partial charge in [0.2, 0.25) is 0 Å². The Balaban J connectivity index is 1.81. The molecule has 0 saturated heterocycles. The largest absolute Gasteiger partial charge is 0.372 e. The van der Waals surface area contributed by atoms with E-state index in [2.05, 4.69) is 36.1 Å². The van der Waals surface area contributed by atoms with E-state index in [1.807, 2.05) is 22.8 Å². The van der Waals surface area contributed by atoms with E-state index in [1.54, 1.807) is 10.7 Å². The predicted molar refractivity (Wildman–Crippen MR) is 112 cm³/mol. The summed E-state index contributed by atoms with van der Waals surface area (Å²) in [4.78, 5) is 8.38. The van der Waals surface area contributed by atoms with Gasteiger partial charge in [-0.1, -0.05) is 33.0 Å². The Kier molecular flexibility index (Phi) is 4.79. The summed E-state index contributed by atoms with van der Waals surface area (Å²) in [6.45, 7) is 6.40. The predicted octanol–water partition coefficient (Wildman–Crippen LogP) is 3.68. The molecule has 0 saturated carbocycles. The number of aliphatic hydroxyl groups is 1. The first-order chi connectivity index (χ1) is 13.7. The maximum absolute atomic E-state index is 13.1. The third kappa shape index (κ3) is 3.70. The van der Waals surface area contributed by atoms with Crippen LogP contribution in [0, 0.1) is 10.5 Å². The molecule has 1 atom stereocenters. The SMILES string of the molecule is CC(C)(C)c1cc2n(CC(O)Nc3ccc(F)cn3)c(=S)c3cccnc3n2n1. The summed E-state index contributed by atoms with van der Waals surface area (Å²) < 4.78 is 17.2. The van der Waals surface area contributed by atoms with Crippen LogP contribution in [-0.4, -0.2) is 35.5 Å². The topological polar surface area (TPSA) is 80.3 Å². The van der Waals surface area contributed by atoms with Crippen molar-refractivity contribution in [1.29, 1.82) is 0 Å². The minimum atomic E-state index is -0.995. The fourth-order valence-electron chi connectivity index (χ4n) is 3.09. The first-order valence-electron chi connectivity index (χ1n) is 9.18. The number of pyridine rings is 2. The van der Waals surface area contributed by atoms with E-state index in [4.69, 9.17) is 17.3 Å². The van der Waals surface area contributed by atoms with Crippen molar-refractivity contribution in [3.05, 3.63) is 58.9 Å². The maximum atomic E-state index is 13.1. The zero-order valence-corrected chi connectivity index (χ0v) is 17.1. The van der Waals surface area contributed by atoms with E-state index in [-0.39, 0.29) is 12.0 Å². The van der Waals surface area contributed by atoms with Crippen LogP contribution in [0.1, 0.15) is 26.5 Å². The maximum Gasteiger partial charge on any atom is 0.165 e. The van der Waals surface area contributed by atoms with Crippen molar-refractivity contribution in [2.45, 2.75) is 39.0 Å². The van der Waals surface area contributed by atoms with Crippen molar-refractivity contribution < 1.29 is 9.50 Å². The van der Waals surface area contributed by atoms with E-state index in [0.717, 1.165) is 22.9 Å². The molecule has 150 valence electrons. The second-order valence-electron chi connectivity index (χ2n) is 7.86. The van der Waals surface area contributed by atoms with E-state index >= 15 is 0 Å². The molecule has 2 N–H and O–H groups in total. The molecule has 9 heteroatoms. The van der Waals surface area contributed by atoms with Gasteiger partial charge in [-0.2, -0.15) is 9.61 Å². The van der Waals surface area contributed by atoms with Crippen LogP contribution >= 0.6 is 12.2 Å². The van der Waals surface area contributed by atoms with Gasteiger partial charge in [0.05, 0.1) is 23.8 Å². The molecule has 4 aromatic heterocycles. The van der Waals surface area contributed by atoms with E-state index < -0.39 is 12.0 Å². The van der Waals surface area contributed by atoms with Crippen molar-refractivity contribution in [2.75, 3.05) is 5.32 Å². The summed E-state index contributed by atoms with van der Waals surface area (Å²) in [6, 6.07) is 8.42. The van der Waals surface area contributed by atoms with Gasteiger partial charge in [0.25, 0.3) is 0 Å². The summed E-state index contributed by atoms with van der Waals surface area (Å²) >= 11 is 5.70. The first kappa shape index (κ1) is 19.4. The number of aromatic nitrogens is 5. The smallest absolute Gasteiger partial charge is 0.165 e. The third-order valence-corrected chi connectivity index (χ3v) is 5.04. The highest BCUT2D eigenvalue weighted by molar-refractivity contribution is 7.71. The zero-order valence-electron chi connectivity index (χ0n) is 16.3. The molecule has 0 radical (unpaired) electrons. The van der Waals surface area contributed by atoms with Gasteiger partial charge in [-0.25, -0.2) is 14.4 Å². The molecule has 4 aromatic rings. The summed E-state index contributed by atoms with van der Waals surface area (Å²) in [5, 5.41) is 19.0. The normalized spacial score (nSPS) is 13.1. The van der Waals surface area contributed by atoms with Crippen molar-refractivity contribution in [1.82, 2.24) is 24.1 Å². The lowest BCUT2D eigenvalue weighted by Crippen LogP contribution is -2.26. The number of nitrogens with one attached hydrogen (secondary N) is 1. The zero-order chi connectivity index (χ0) is 20.8. The number of nitrogens with zero attached hydrogens (tertiary/aromatic N) is 5. The summed E-state index contributed by atoms with van der Waals surface area (Å²) in [6.07, 6.45) is 1.80. The molecule has 4 rings (SSSR count). The molecule has 29 heavy (non-hydrogen) atoms. The Morgan fingerprint density at radius 2 is 2.03 bits per heavy atom. The van der Waals surface area contributed by atoms with Crippen LogP contribution in [0.2, 0.25) is 0 Å². The summed E-state index contributed by atoms with van der Waals surface area (Å²) in [5.74, 6) is -0.0715. The van der Waals surface area contributed by atoms with Gasteiger partial charge in [0.15, 0.2) is 5.65 Å². The molecule has 0 aliphatic heterocycles. The number of halogens is 1. The molecule has 0 aliphatic carbocycles. The lowest BCUT2D eigenvalue weighted by molar-refractivity contribution is 0.182. The number of fused-ring (bicyclic) bond motifs is 3. The van der Waals surface area contributed by atoms with Gasteiger partial charge in [-0.3, -0.25) is 0 Å². The van der Waals surface area contributed by atoms with Crippen molar-refractivity contribution in [3.8, 4) is 0 Å². The molecule has 1 unspecified atom stereocenters. The first-order valence-corrected chi connectivity index (χ1v) is 9.59. The highest BCUT2D eigenvalue weighted by atomic mass is 32.1. The second kappa shape index (κ2) is 7.16. The number of rotatable bonds is 4. The quantitative estimate of drug-likeness (QED) is 0.393. The summed E-state index contributed by atoms with van der Waals surface area (Å²) in [5.41, 5.74) is 2.13. The number of hydrogen-bond donors (Lipinski definition) is 2. The van der Waals surface area contributed by atoms with Crippen molar-refractivity contribution in [2.24, 2.45) is 0 Å². The summed E-state index contributed by atoms with van der Waals surface area (Å²) in [7, 11) is 0. The van der Waals surface area contributed by atoms with Crippen LogP contribution in [-0.2, 0) is 12.0 Å². The van der Waals surface area contributed by atoms with Gasteiger partial charge in [0.1, 0.15) is 28.2 Å². The second-order valence-corrected chi connectivity index (χ2v) is 8.25. The van der Waals surface area contributed by atoms with E-state index in [9.17, 15) is 9.50 Å². The van der Waals surface area contributed by atoms with Crippen LogP contribution in [0.3, 0.4) is 0 Å². The lowest BCUT2D eigenvalue weighted by atomic mass is 9.93. The molecule has 0 amide bonds. The van der Waals surface area contributed by atoms with Crippen LogP contribution < -0.4 is 5.32 Å². The van der Waals surface area contributed by atoms with Gasteiger partial charge in [-0.15, -0.1) is 0 Å². The average Bonchev–Trinajstić information content (AvgIpc) is 3.13. The van der Waals surface area contributed by atoms with Crippen molar-refractivity contribution in [3.63, 3.8) is 0 Å². The van der Waals surface area contributed by atoms with E-state index in [0.29, 0.717) is 16.1 Å². The molecule has 0 aromatic carbocycles. The molecule has 0 fully saturated rings. The highest BCUT2D eigenvalue weighted by Crippen LogP contribution is 2.25. The highest BCUT2D eigenvalue weighted by Gasteiger charge is 2.21. The van der Waals surface area contributed by atoms with E-state index in [1.165, 1.54) is 12.1 Å². The number of anilines is 1. The van der Waals surface area contributed by atoms with Crippen LogP contribution in [0.25, 0.3) is 16.7 Å². The fraction of sp³-hybridized carbons (Fsp3) is 0.300. The average molecular weight is 412 g/mol. The fourth-order valence-corrected chi connectivity index (χ4v) is 3.42. The Hall–Kier alpha value is -2.91. The Morgan fingerprint density at radius 3 is 2.72 bits per heavy atom. The molecule has 0 bridgehead atoms. The molecule has 0 spiro atoms. The molecule has 0 aliphatic rings. The van der Waals surface area contributed by atoms with Crippen LogP contribution in [0.15, 0.2) is 42.7 Å². The van der Waals surface area contributed by atoms with Gasteiger partial charge in [0, 0.05) is 17.7 Å². The standard InChI is InChI=1S/C20H21FN6OS/c1-20(2,3)14-9-17-26(11-16(28)24-15-7-6-12(21)10-23-15)19(29)13-5-4-8-22-18(13)27(17)25-14/h4-10,16,28H,11H2,1-3H3,(H,23,24). The minimum Gasteiger partial charge on any atom is -0.372 e. The Morgan fingerprint density at radius 1 is 1.24 bits per heavy atom. The van der Waals surface area contributed by atoms with Gasteiger partial charge in [-0.05, 0) is 24.3 Å². The van der Waals surface area contributed by atoms with Gasteiger partial charge < -0.3 is 15.0 Å². The third-order valence-electron chi connectivity index (χ3n) is 4.60. The Bertz CT molecular complexity index is 1240. The molecular weight excluding hydrogens is 391 g/mol.